The van der Waals surface area contributed by atoms with Gasteiger partial charge in [-0.2, -0.15) is 0 Å². The van der Waals surface area contributed by atoms with Crippen molar-refractivity contribution >= 4 is 28.8 Å². The zero-order valence-electron chi connectivity index (χ0n) is 21.4. The van der Waals surface area contributed by atoms with Crippen molar-refractivity contribution in [2.75, 3.05) is 46.2 Å². The molecule has 1 aromatic carbocycles. The number of carbonyl (C=O) groups excluding carboxylic acids is 2. The Balaban J connectivity index is 1.67. The number of hydrogen-bond donors (Lipinski definition) is 1. The van der Waals surface area contributed by atoms with Gasteiger partial charge in [0, 0.05) is 31.9 Å². The van der Waals surface area contributed by atoms with Gasteiger partial charge in [0.25, 0.3) is 5.91 Å². The lowest BCUT2D eigenvalue weighted by Crippen LogP contribution is -2.35. The molecule has 0 spiro atoms. The summed E-state index contributed by atoms with van der Waals surface area (Å²) in [6.45, 7) is 4.02. The Bertz CT molecular complexity index is 1270. The number of anilines is 1. The van der Waals surface area contributed by atoms with E-state index < -0.39 is 0 Å². The Kier molecular flexibility index (Phi) is 8.00. The monoisotopic (exact) mass is 490 g/mol. The van der Waals surface area contributed by atoms with Gasteiger partial charge in [-0.25, -0.2) is 4.98 Å². The lowest BCUT2D eigenvalue weighted by atomic mass is 10.1. The third-order valence-corrected chi connectivity index (χ3v) is 6.40. The second-order valence-electron chi connectivity index (χ2n) is 9.41. The molecule has 1 aliphatic heterocycles. The van der Waals surface area contributed by atoms with Gasteiger partial charge in [-0.05, 0) is 58.0 Å². The summed E-state index contributed by atoms with van der Waals surface area (Å²) in [5, 5.41) is 3.00. The molecule has 0 radical (unpaired) electrons. The number of likely N-dealkylation sites (tertiary alicyclic amines) is 1. The molecule has 9 nitrogen and oxygen atoms in total. The molecular formula is C27H34N6O3. The van der Waals surface area contributed by atoms with Crippen molar-refractivity contribution in [2.45, 2.75) is 32.2 Å². The number of hydrogen-bond acceptors (Lipinski definition) is 6. The summed E-state index contributed by atoms with van der Waals surface area (Å²) in [6.07, 6.45) is 9.42. The molecule has 1 aliphatic rings. The maximum Gasteiger partial charge on any atom is 0.259 e. The fourth-order valence-electron chi connectivity index (χ4n) is 4.59. The molecule has 4 rings (SSSR count). The minimum absolute atomic E-state index is 0.0120. The number of nitrogens with one attached hydrogen (secondary N) is 1. The zero-order valence-corrected chi connectivity index (χ0v) is 21.4. The quantitative estimate of drug-likeness (QED) is 0.508. The van der Waals surface area contributed by atoms with Gasteiger partial charge in [0.1, 0.15) is 5.75 Å². The van der Waals surface area contributed by atoms with Gasteiger partial charge < -0.3 is 19.1 Å². The van der Waals surface area contributed by atoms with Crippen molar-refractivity contribution in [3.05, 3.63) is 59.9 Å². The normalized spacial score (nSPS) is 16.5. The number of nitrogens with zero attached hydrogens (tertiary/aromatic N) is 5. The third-order valence-electron chi connectivity index (χ3n) is 6.40. The smallest absolute Gasteiger partial charge is 0.259 e. The SMILES string of the molecule is COc1cncc(C(=O)Nc2nc3cccc(C)c3n2[C@@H]2CCCCN(C(=O)/C=C/CN(C)C)C2)c1. The zero-order chi connectivity index (χ0) is 25.7. The number of aromatic nitrogens is 3. The molecule has 0 bridgehead atoms. The van der Waals surface area contributed by atoms with Crippen molar-refractivity contribution < 1.29 is 14.3 Å². The van der Waals surface area contributed by atoms with Crippen LogP contribution in [0.15, 0.2) is 48.8 Å². The largest absolute Gasteiger partial charge is 0.495 e. The molecule has 1 N–H and O–H groups in total. The summed E-state index contributed by atoms with van der Waals surface area (Å²) in [5.41, 5.74) is 3.23. The second-order valence-corrected chi connectivity index (χ2v) is 9.41. The first-order valence-corrected chi connectivity index (χ1v) is 12.3. The number of amides is 2. The summed E-state index contributed by atoms with van der Waals surface area (Å²) in [4.78, 5) is 39.0. The van der Waals surface area contributed by atoms with Crippen LogP contribution in [0.4, 0.5) is 5.95 Å². The molecule has 1 fully saturated rings. The minimum atomic E-state index is -0.316. The Hall–Kier alpha value is -3.72. The second kappa shape index (κ2) is 11.3. The van der Waals surface area contributed by atoms with Crippen molar-refractivity contribution in [3.8, 4) is 5.75 Å². The Morgan fingerprint density at radius 2 is 2.08 bits per heavy atom. The number of fused-ring (bicyclic) bond motifs is 1. The molecule has 2 amide bonds. The van der Waals surface area contributed by atoms with Crippen molar-refractivity contribution in [2.24, 2.45) is 0 Å². The molecule has 36 heavy (non-hydrogen) atoms. The molecule has 0 unspecified atom stereocenters. The first-order chi connectivity index (χ1) is 17.4. The van der Waals surface area contributed by atoms with Gasteiger partial charge in [-0.3, -0.25) is 19.9 Å². The van der Waals surface area contributed by atoms with Crippen LogP contribution in [0.1, 0.15) is 41.2 Å². The highest BCUT2D eigenvalue weighted by Crippen LogP contribution is 2.32. The van der Waals surface area contributed by atoms with E-state index in [4.69, 9.17) is 9.72 Å². The van der Waals surface area contributed by atoms with Crippen LogP contribution in [-0.2, 0) is 4.79 Å². The van der Waals surface area contributed by atoms with E-state index in [0.29, 0.717) is 36.9 Å². The molecule has 0 saturated carbocycles. The van der Waals surface area contributed by atoms with Crippen LogP contribution in [0, 0.1) is 6.92 Å². The molecule has 0 aliphatic carbocycles. The number of rotatable bonds is 7. The predicted octanol–water partition coefficient (Wildman–Crippen LogP) is 3.67. The summed E-state index contributed by atoms with van der Waals surface area (Å²) < 4.78 is 7.32. The van der Waals surface area contributed by atoms with Crippen LogP contribution >= 0.6 is 0 Å². The highest BCUT2D eigenvalue weighted by Gasteiger charge is 2.27. The van der Waals surface area contributed by atoms with Crippen molar-refractivity contribution in [3.63, 3.8) is 0 Å². The van der Waals surface area contributed by atoms with Gasteiger partial charge in [0.15, 0.2) is 0 Å². The van der Waals surface area contributed by atoms with Crippen LogP contribution in [0.3, 0.4) is 0 Å². The Morgan fingerprint density at radius 3 is 2.86 bits per heavy atom. The van der Waals surface area contributed by atoms with Crippen molar-refractivity contribution in [1.82, 2.24) is 24.3 Å². The first-order valence-electron chi connectivity index (χ1n) is 12.3. The standard InChI is InChI=1S/C27H34N6O3/c1-19-9-7-11-23-25(19)33(27(29-23)30-26(35)20-15-22(36-4)17-28-16-20)21-10-5-6-14-32(18-21)24(34)12-8-13-31(2)3/h7-9,11-12,15-17,21H,5-6,10,13-14,18H2,1-4H3,(H,29,30,35)/b12-8+/t21-/m1/s1. The van der Waals surface area contributed by atoms with E-state index in [1.165, 1.54) is 13.3 Å². The summed E-state index contributed by atoms with van der Waals surface area (Å²) in [7, 11) is 5.48. The number of methoxy groups -OCH3 is 1. The van der Waals surface area contributed by atoms with Crippen LogP contribution in [0.2, 0.25) is 0 Å². The highest BCUT2D eigenvalue weighted by molar-refractivity contribution is 6.04. The van der Waals surface area contributed by atoms with Gasteiger partial charge in [0.2, 0.25) is 11.9 Å². The Labute approximate surface area is 211 Å². The first kappa shape index (κ1) is 25.4. The molecule has 2 aromatic heterocycles. The fourth-order valence-corrected chi connectivity index (χ4v) is 4.59. The van der Waals surface area contributed by atoms with E-state index in [1.54, 1.807) is 18.3 Å². The number of carbonyl (C=O) groups is 2. The highest BCUT2D eigenvalue weighted by atomic mass is 16.5. The third kappa shape index (κ3) is 5.73. The van der Waals surface area contributed by atoms with E-state index in [2.05, 4.69) is 14.9 Å². The van der Waals surface area contributed by atoms with E-state index in [1.807, 2.05) is 55.1 Å². The number of pyridine rings is 1. The van der Waals surface area contributed by atoms with E-state index in [9.17, 15) is 9.59 Å². The number of likely N-dealkylation sites (N-methyl/N-ethyl adjacent to an activating group) is 1. The molecule has 190 valence electrons. The number of para-hydroxylation sites is 1. The molecule has 1 saturated heterocycles. The molecule has 1 atom stereocenters. The van der Waals surface area contributed by atoms with Crippen LogP contribution in [-0.4, -0.2) is 77.0 Å². The summed E-state index contributed by atoms with van der Waals surface area (Å²) in [5.74, 6) is 0.670. The average Bonchev–Trinajstić information content (AvgIpc) is 3.05. The summed E-state index contributed by atoms with van der Waals surface area (Å²) in [6, 6.07) is 7.58. The van der Waals surface area contributed by atoms with Crippen LogP contribution in [0.5, 0.6) is 5.75 Å². The van der Waals surface area contributed by atoms with Gasteiger partial charge in [-0.1, -0.05) is 18.2 Å². The van der Waals surface area contributed by atoms with Gasteiger partial charge in [-0.15, -0.1) is 0 Å². The Morgan fingerprint density at radius 1 is 1.25 bits per heavy atom. The fraction of sp³-hybridized carbons (Fsp3) is 0.407. The number of aryl methyl sites for hydroxylation is 1. The van der Waals surface area contributed by atoms with Gasteiger partial charge >= 0.3 is 0 Å². The molecular weight excluding hydrogens is 456 g/mol. The van der Waals surface area contributed by atoms with Crippen molar-refractivity contribution in [1.29, 1.82) is 0 Å². The topological polar surface area (TPSA) is 92.6 Å². The lowest BCUT2D eigenvalue weighted by Gasteiger charge is -2.26. The maximum atomic E-state index is 13.2. The molecule has 3 aromatic rings. The maximum absolute atomic E-state index is 13.2. The number of ether oxygens (including phenoxy) is 1. The molecule has 9 heteroatoms. The number of imidazole rings is 1. The minimum Gasteiger partial charge on any atom is -0.495 e. The van der Waals surface area contributed by atoms with Gasteiger partial charge in [0.05, 0.1) is 35.9 Å². The lowest BCUT2D eigenvalue weighted by molar-refractivity contribution is -0.126. The van der Waals surface area contributed by atoms with E-state index in [-0.39, 0.29) is 17.9 Å². The van der Waals surface area contributed by atoms with E-state index in [0.717, 1.165) is 35.9 Å². The van der Waals surface area contributed by atoms with E-state index >= 15 is 0 Å². The molecule has 3 heterocycles. The van der Waals surface area contributed by atoms with Crippen LogP contribution < -0.4 is 10.1 Å². The average molecular weight is 491 g/mol. The van der Waals surface area contributed by atoms with Crippen LogP contribution in [0.25, 0.3) is 11.0 Å². The number of benzene rings is 1. The summed E-state index contributed by atoms with van der Waals surface area (Å²) >= 11 is 0. The predicted molar refractivity (Wildman–Crippen MR) is 140 cm³/mol.